The topological polar surface area (TPSA) is 0 Å². The van der Waals surface area contributed by atoms with Crippen LogP contribution in [0.15, 0.2) is 28.7 Å². The molecule has 1 aliphatic carbocycles. The van der Waals surface area contributed by atoms with Gasteiger partial charge in [-0.05, 0) is 42.9 Å². The van der Waals surface area contributed by atoms with Crippen molar-refractivity contribution in [2.45, 2.75) is 50.3 Å². The van der Waals surface area contributed by atoms with E-state index in [9.17, 15) is 0 Å². The minimum atomic E-state index is 0.308. The Bertz CT molecular complexity index is 343. The van der Waals surface area contributed by atoms with Crippen LogP contribution in [0.1, 0.15) is 44.1 Å². The molecule has 0 amide bonds. The normalized spacial score (nSPS) is 19.9. The van der Waals surface area contributed by atoms with Crippen molar-refractivity contribution in [3.8, 4) is 0 Å². The van der Waals surface area contributed by atoms with E-state index < -0.39 is 0 Å². The van der Waals surface area contributed by atoms with Gasteiger partial charge in [0.25, 0.3) is 0 Å². The van der Waals surface area contributed by atoms with Crippen LogP contribution in [-0.4, -0.2) is 5.38 Å². The van der Waals surface area contributed by atoms with Gasteiger partial charge in [0.1, 0.15) is 0 Å². The first-order valence-electron chi connectivity index (χ1n) is 6.64. The molecule has 0 saturated heterocycles. The van der Waals surface area contributed by atoms with E-state index in [1.54, 1.807) is 0 Å². The van der Waals surface area contributed by atoms with E-state index >= 15 is 0 Å². The van der Waals surface area contributed by atoms with Gasteiger partial charge in [0.05, 0.1) is 0 Å². The highest BCUT2D eigenvalue weighted by molar-refractivity contribution is 9.10. The molecule has 1 unspecified atom stereocenters. The molecule has 17 heavy (non-hydrogen) atoms. The lowest BCUT2D eigenvalue weighted by atomic mass is 9.92. The first kappa shape index (κ1) is 13.4. The van der Waals surface area contributed by atoms with Crippen molar-refractivity contribution in [3.05, 3.63) is 34.3 Å². The summed E-state index contributed by atoms with van der Waals surface area (Å²) in [5, 5.41) is 0.308. The van der Waals surface area contributed by atoms with Crippen LogP contribution < -0.4 is 0 Å². The number of rotatable bonds is 3. The van der Waals surface area contributed by atoms with Gasteiger partial charge in [0.2, 0.25) is 0 Å². The monoisotopic (exact) mass is 314 g/mol. The Hall–Kier alpha value is -0.0100. The van der Waals surface area contributed by atoms with Gasteiger partial charge >= 0.3 is 0 Å². The van der Waals surface area contributed by atoms with Crippen molar-refractivity contribution in [1.29, 1.82) is 0 Å². The molecule has 1 aromatic rings. The van der Waals surface area contributed by atoms with Crippen LogP contribution in [0, 0.1) is 5.92 Å². The third kappa shape index (κ3) is 4.30. The minimum absolute atomic E-state index is 0.308. The quantitative estimate of drug-likeness (QED) is 0.505. The van der Waals surface area contributed by atoms with Crippen molar-refractivity contribution in [2.75, 3.05) is 0 Å². The second-order valence-corrected chi connectivity index (χ2v) is 6.58. The fourth-order valence-electron chi connectivity index (χ4n) is 2.73. The average Bonchev–Trinajstić information content (AvgIpc) is 2.57. The minimum Gasteiger partial charge on any atom is -0.122 e. The van der Waals surface area contributed by atoms with Gasteiger partial charge in [0.15, 0.2) is 0 Å². The van der Waals surface area contributed by atoms with Crippen LogP contribution in [0.4, 0.5) is 0 Å². The Morgan fingerprint density at radius 2 is 1.88 bits per heavy atom. The Balaban J connectivity index is 1.93. The van der Waals surface area contributed by atoms with E-state index in [1.165, 1.54) is 44.1 Å². The molecule has 1 fully saturated rings. The van der Waals surface area contributed by atoms with E-state index in [-0.39, 0.29) is 0 Å². The van der Waals surface area contributed by atoms with E-state index in [0.29, 0.717) is 5.38 Å². The summed E-state index contributed by atoms with van der Waals surface area (Å²) >= 11 is 10.1. The number of alkyl halides is 1. The zero-order valence-corrected chi connectivity index (χ0v) is 12.5. The summed E-state index contributed by atoms with van der Waals surface area (Å²) in [6.45, 7) is 0. The molecule has 0 heterocycles. The molecule has 0 radical (unpaired) electrons. The summed E-state index contributed by atoms with van der Waals surface area (Å²) in [6.07, 6.45) is 9.18. The van der Waals surface area contributed by atoms with Crippen molar-refractivity contribution in [2.24, 2.45) is 5.92 Å². The van der Waals surface area contributed by atoms with Crippen LogP contribution in [0.5, 0.6) is 0 Å². The molecule has 0 aliphatic heterocycles. The van der Waals surface area contributed by atoms with Gasteiger partial charge < -0.3 is 0 Å². The lowest BCUT2D eigenvalue weighted by Gasteiger charge is -2.20. The van der Waals surface area contributed by atoms with Crippen molar-refractivity contribution in [3.63, 3.8) is 0 Å². The Kier molecular flexibility index (Phi) is 5.37. The molecule has 0 nitrogen and oxygen atoms in total. The van der Waals surface area contributed by atoms with Gasteiger partial charge in [0, 0.05) is 9.85 Å². The summed E-state index contributed by atoms with van der Waals surface area (Å²) in [5.41, 5.74) is 1.35. The number of halogens is 2. The Labute approximate surface area is 118 Å². The SMILES string of the molecule is ClC(Cc1cccc(Br)c1)C1CCCCCC1. The first-order valence-corrected chi connectivity index (χ1v) is 7.87. The predicted octanol–water partition coefficient (Wildman–Crippen LogP) is 5.57. The fraction of sp³-hybridized carbons (Fsp3) is 0.600. The maximum atomic E-state index is 6.60. The van der Waals surface area contributed by atoms with Crippen LogP contribution in [-0.2, 0) is 6.42 Å². The van der Waals surface area contributed by atoms with Gasteiger partial charge in [-0.1, -0.05) is 53.7 Å². The Morgan fingerprint density at radius 3 is 2.53 bits per heavy atom. The van der Waals surface area contributed by atoms with Crippen LogP contribution >= 0.6 is 27.5 Å². The summed E-state index contributed by atoms with van der Waals surface area (Å²) in [7, 11) is 0. The van der Waals surface area contributed by atoms with Crippen LogP contribution in [0.3, 0.4) is 0 Å². The molecule has 0 bridgehead atoms. The molecule has 1 atom stereocenters. The lowest BCUT2D eigenvalue weighted by molar-refractivity contribution is 0.435. The molecule has 0 spiro atoms. The molecule has 2 heteroatoms. The summed E-state index contributed by atoms with van der Waals surface area (Å²) in [4.78, 5) is 0. The van der Waals surface area contributed by atoms with E-state index in [4.69, 9.17) is 11.6 Å². The van der Waals surface area contributed by atoms with Gasteiger partial charge in [-0.3, -0.25) is 0 Å². The maximum absolute atomic E-state index is 6.60. The highest BCUT2D eigenvalue weighted by Gasteiger charge is 2.20. The standard InChI is InChI=1S/C15H20BrCl/c16-14-9-5-6-12(10-14)11-15(17)13-7-3-1-2-4-8-13/h5-6,9-10,13,15H,1-4,7-8,11H2. The molecule has 1 saturated carbocycles. The van der Waals surface area contributed by atoms with Crippen molar-refractivity contribution >= 4 is 27.5 Å². The zero-order chi connectivity index (χ0) is 12.1. The smallest absolute Gasteiger partial charge is 0.0404 e. The molecule has 94 valence electrons. The Morgan fingerprint density at radius 1 is 1.18 bits per heavy atom. The number of benzene rings is 1. The zero-order valence-electron chi connectivity index (χ0n) is 10.2. The van der Waals surface area contributed by atoms with E-state index in [0.717, 1.165) is 16.8 Å². The molecular weight excluding hydrogens is 296 g/mol. The summed E-state index contributed by atoms with van der Waals surface area (Å²) in [5.74, 6) is 0.721. The average molecular weight is 316 g/mol. The van der Waals surface area contributed by atoms with Gasteiger partial charge in [-0.2, -0.15) is 0 Å². The van der Waals surface area contributed by atoms with Crippen LogP contribution in [0.2, 0.25) is 0 Å². The van der Waals surface area contributed by atoms with Gasteiger partial charge in [-0.25, -0.2) is 0 Å². The highest BCUT2D eigenvalue weighted by Crippen LogP contribution is 2.30. The maximum Gasteiger partial charge on any atom is 0.0404 e. The predicted molar refractivity (Wildman–Crippen MR) is 78.7 cm³/mol. The molecule has 0 N–H and O–H groups in total. The largest absolute Gasteiger partial charge is 0.122 e. The number of hydrogen-bond acceptors (Lipinski definition) is 0. The molecule has 1 aromatic carbocycles. The van der Waals surface area contributed by atoms with Crippen molar-refractivity contribution in [1.82, 2.24) is 0 Å². The third-order valence-electron chi connectivity index (χ3n) is 3.73. The summed E-state index contributed by atoms with van der Waals surface area (Å²) in [6, 6.07) is 8.53. The van der Waals surface area contributed by atoms with E-state index in [1.807, 2.05) is 0 Å². The first-order chi connectivity index (χ1) is 8.25. The molecule has 1 aliphatic rings. The van der Waals surface area contributed by atoms with Crippen LogP contribution in [0.25, 0.3) is 0 Å². The third-order valence-corrected chi connectivity index (χ3v) is 4.73. The lowest BCUT2D eigenvalue weighted by Crippen LogP contribution is -2.17. The molecule has 0 aromatic heterocycles. The fourth-order valence-corrected chi connectivity index (χ4v) is 3.61. The van der Waals surface area contributed by atoms with Crippen molar-refractivity contribution < 1.29 is 0 Å². The summed E-state index contributed by atoms with van der Waals surface area (Å²) < 4.78 is 1.15. The molecular formula is C15H20BrCl. The molecule has 2 rings (SSSR count). The number of hydrogen-bond donors (Lipinski definition) is 0. The van der Waals surface area contributed by atoms with Gasteiger partial charge in [-0.15, -0.1) is 11.6 Å². The highest BCUT2D eigenvalue weighted by atomic mass is 79.9. The van der Waals surface area contributed by atoms with E-state index in [2.05, 4.69) is 40.2 Å². The second kappa shape index (κ2) is 6.80. The second-order valence-electron chi connectivity index (χ2n) is 5.10.